The maximum absolute atomic E-state index is 12.8. The molecule has 0 fully saturated rings. The van der Waals surface area contributed by atoms with Gasteiger partial charge in [-0.25, -0.2) is 22.9 Å². The van der Waals surface area contributed by atoms with Crippen LogP contribution in [0.5, 0.6) is 5.88 Å². The van der Waals surface area contributed by atoms with Crippen molar-refractivity contribution in [1.29, 1.82) is 0 Å². The summed E-state index contributed by atoms with van der Waals surface area (Å²) in [6.07, 6.45) is 0.115. The number of methoxy groups -OCH3 is 1. The number of nitrogens with zero attached hydrogens (tertiary/aromatic N) is 2. The number of anilines is 1. The molecule has 10 nitrogen and oxygen atoms in total. The van der Waals surface area contributed by atoms with Crippen molar-refractivity contribution in [1.82, 2.24) is 14.7 Å². The molecular weight excluding hydrogens is 424 g/mol. The topological polar surface area (TPSA) is 140 Å². The maximum atomic E-state index is 12.8. The van der Waals surface area contributed by atoms with E-state index in [1.807, 2.05) is 4.72 Å². The van der Waals surface area contributed by atoms with Gasteiger partial charge in [-0.3, -0.25) is 10.1 Å². The largest absolute Gasteiger partial charge is 0.481 e. The first kappa shape index (κ1) is 22.0. The molecule has 0 saturated heterocycles. The number of sulfonamides is 1. The molecule has 2 aromatic heterocycles. The molecule has 0 atom stereocenters. The van der Waals surface area contributed by atoms with Crippen LogP contribution in [0.1, 0.15) is 34.5 Å². The fraction of sp³-hybridized carbons (Fsp3) is 0.200. The standard InChI is InChI=1S/C20H20N4O6S/c1-12-10-18(29-3)22-19(21-12)23-20(26)24-31(27,28)17-7-5-4-6-14(17)11-15-8-9-16(30-15)13(2)25/h4-10H,11H2,1-3H3,(H2,21,22,23,24,26). The van der Waals surface area contributed by atoms with Crippen molar-refractivity contribution in [2.75, 3.05) is 12.4 Å². The number of furan rings is 1. The van der Waals surface area contributed by atoms with Crippen LogP contribution in [0.3, 0.4) is 0 Å². The monoisotopic (exact) mass is 444 g/mol. The normalized spacial score (nSPS) is 11.1. The number of amides is 2. The van der Waals surface area contributed by atoms with Gasteiger partial charge in [0.2, 0.25) is 11.8 Å². The number of benzene rings is 1. The first-order valence-electron chi connectivity index (χ1n) is 9.09. The number of hydrogen-bond acceptors (Lipinski definition) is 8. The summed E-state index contributed by atoms with van der Waals surface area (Å²) in [6.45, 7) is 3.05. The Morgan fingerprint density at radius 1 is 1.13 bits per heavy atom. The summed E-state index contributed by atoms with van der Waals surface area (Å²) in [7, 11) is -2.82. The number of carbonyl (C=O) groups excluding carboxylic acids is 2. The third-order valence-electron chi connectivity index (χ3n) is 4.13. The minimum Gasteiger partial charge on any atom is -0.481 e. The van der Waals surface area contributed by atoms with E-state index in [-0.39, 0.29) is 34.7 Å². The van der Waals surface area contributed by atoms with Crippen LogP contribution in [0.25, 0.3) is 0 Å². The number of aromatic nitrogens is 2. The van der Waals surface area contributed by atoms with Gasteiger partial charge >= 0.3 is 6.03 Å². The minimum atomic E-state index is -4.22. The Hall–Kier alpha value is -3.73. The van der Waals surface area contributed by atoms with Crippen LogP contribution in [-0.2, 0) is 16.4 Å². The van der Waals surface area contributed by atoms with Gasteiger partial charge in [-0.15, -0.1) is 0 Å². The molecular formula is C20H20N4O6S. The van der Waals surface area contributed by atoms with E-state index in [1.165, 1.54) is 32.2 Å². The molecule has 0 aliphatic carbocycles. The number of rotatable bonds is 7. The molecule has 0 saturated carbocycles. The molecule has 3 aromatic rings. The molecule has 162 valence electrons. The van der Waals surface area contributed by atoms with E-state index in [1.54, 1.807) is 31.2 Å². The average molecular weight is 444 g/mol. The summed E-state index contributed by atoms with van der Waals surface area (Å²) in [4.78, 5) is 31.5. The van der Waals surface area contributed by atoms with E-state index < -0.39 is 16.1 Å². The lowest BCUT2D eigenvalue weighted by molar-refractivity contribution is 0.0985. The highest BCUT2D eigenvalue weighted by atomic mass is 32.2. The Kier molecular flexibility index (Phi) is 6.35. The van der Waals surface area contributed by atoms with Crippen molar-refractivity contribution in [3.8, 4) is 5.88 Å². The maximum Gasteiger partial charge on any atom is 0.335 e. The number of ether oxygens (including phenoxy) is 1. The second-order valence-corrected chi connectivity index (χ2v) is 8.19. The molecule has 2 amide bonds. The van der Waals surface area contributed by atoms with Gasteiger partial charge in [0.1, 0.15) is 5.76 Å². The molecule has 11 heteroatoms. The zero-order valence-electron chi connectivity index (χ0n) is 17.0. The number of aryl methyl sites for hydroxylation is 1. The van der Waals surface area contributed by atoms with Crippen molar-refractivity contribution in [3.05, 3.63) is 65.2 Å². The predicted molar refractivity (Wildman–Crippen MR) is 111 cm³/mol. The van der Waals surface area contributed by atoms with Crippen molar-refractivity contribution in [2.45, 2.75) is 25.2 Å². The van der Waals surface area contributed by atoms with Crippen LogP contribution in [0.2, 0.25) is 0 Å². The quantitative estimate of drug-likeness (QED) is 0.530. The van der Waals surface area contributed by atoms with Gasteiger partial charge in [-0.1, -0.05) is 18.2 Å². The summed E-state index contributed by atoms with van der Waals surface area (Å²) < 4.78 is 38.0. The molecule has 3 rings (SSSR count). The van der Waals surface area contributed by atoms with E-state index in [2.05, 4.69) is 15.3 Å². The molecule has 0 bridgehead atoms. The zero-order chi connectivity index (χ0) is 22.6. The summed E-state index contributed by atoms with van der Waals surface area (Å²) in [5, 5.41) is 2.28. The molecule has 2 heterocycles. The molecule has 31 heavy (non-hydrogen) atoms. The van der Waals surface area contributed by atoms with Gasteiger partial charge in [-0.2, -0.15) is 4.98 Å². The fourth-order valence-electron chi connectivity index (χ4n) is 2.77. The van der Waals surface area contributed by atoms with E-state index >= 15 is 0 Å². The van der Waals surface area contributed by atoms with Gasteiger partial charge in [0, 0.05) is 25.1 Å². The summed E-state index contributed by atoms with van der Waals surface area (Å²) in [6, 6.07) is 9.81. The Morgan fingerprint density at radius 3 is 2.55 bits per heavy atom. The van der Waals surface area contributed by atoms with Gasteiger partial charge < -0.3 is 9.15 Å². The molecule has 0 spiro atoms. The molecule has 0 aliphatic heterocycles. The van der Waals surface area contributed by atoms with Crippen LogP contribution in [0.15, 0.2) is 51.8 Å². The van der Waals surface area contributed by atoms with Gasteiger partial charge in [0.25, 0.3) is 10.0 Å². The highest BCUT2D eigenvalue weighted by molar-refractivity contribution is 7.90. The van der Waals surface area contributed by atoms with Crippen molar-refractivity contribution in [2.24, 2.45) is 0 Å². The van der Waals surface area contributed by atoms with Crippen molar-refractivity contribution < 1.29 is 27.2 Å². The Morgan fingerprint density at radius 2 is 1.87 bits per heavy atom. The van der Waals surface area contributed by atoms with E-state index in [0.717, 1.165) is 0 Å². The Bertz CT molecular complexity index is 1240. The van der Waals surface area contributed by atoms with E-state index in [9.17, 15) is 18.0 Å². The Labute approximate surface area is 178 Å². The zero-order valence-corrected chi connectivity index (χ0v) is 17.8. The van der Waals surface area contributed by atoms with Crippen LogP contribution in [0, 0.1) is 6.92 Å². The van der Waals surface area contributed by atoms with Crippen LogP contribution in [-0.4, -0.2) is 37.3 Å². The highest BCUT2D eigenvalue weighted by Gasteiger charge is 2.22. The predicted octanol–water partition coefficient (Wildman–Crippen LogP) is 2.69. The Balaban J connectivity index is 1.79. The van der Waals surface area contributed by atoms with Crippen LogP contribution < -0.4 is 14.8 Å². The summed E-state index contributed by atoms with van der Waals surface area (Å²) in [5.41, 5.74) is 0.916. The SMILES string of the molecule is COc1cc(C)nc(NC(=O)NS(=O)(=O)c2ccccc2Cc2ccc(C(C)=O)o2)n1. The number of ketones is 1. The lowest BCUT2D eigenvalue weighted by atomic mass is 10.1. The van der Waals surface area contributed by atoms with Crippen LogP contribution >= 0.6 is 0 Å². The lowest BCUT2D eigenvalue weighted by Crippen LogP contribution is -2.35. The average Bonchev–Trinajstić information content (AvgIpc) is 3.16. The molecule has 0 aliphatic rings. The molecule has 2 N–H and O–H groups in total. The molecule has 1 aromatic carbocycles. The first-order valence-corrected chi connectivity index (χ1v) is 10.6. The highest BCUT2D eigenvalue weighted by Crippen LogP contribution is 2.21. The first-order chi connectivity index (χ1) is 14.7. The summed E-state index contributed by atoms with van der Waals surface area (Å²) >= 11 is 0. The lowest BCUT2D eigenvalue weighted by Gasteiger charge is -2.12. The number of nitrogens with one attached hydrogen (secondary N) is 2. The number of carbonyl (C=O) groups is 2. The molecule has 0 radical (unpaired) electrons. The third-order valence-corrected chi connectivity index (χ3v) is 5.56. The van der Waals surface area contributed by atoms with Crippen molar-refractivity contribution >= 4 is 27.8 Å². The van der Waals surface area contributed by atoms with Gasteiger partial charge in [-0.05, 0) is 30.7 Å². The van der Waals surface area contributed by atoms with E-state index in [4.69, 9.17) is 9.15 Å². The molecule has 0 unspecified atom stereocenters. The van der Waals surface area contributed by atoms with Gasteiger partial charge in [0.15, 0.2) is 11.5 Å². The minimum absolute atomic E-state index is 0.103. The third kappa shape index (κ3) is 5.45. The van der Waals surface area contributed by atoms with E-state index in [0.29, 0.717) is 17.0 Å². The number of hydrogen-bond donors (Lipinski definition) is 2. The smallest absolute Gasteiger partial charge is 0.335 e. The van der Waals surface area contributed by atoms with Gasteiger partial charge in [0.05, 0.1) is 12.0 Å². The van der Waals surface area contributed by atoms with Crippen LogP contribution in [0.4, 0.5) is 10.7 Å². The second-order valence-electron chi connectivity index (χ2n) is 6.54. The number of Topliss-reactive ketones (excluding diaryl/α,β-unsaturated/α-hetero) is 1. The number of urea groups is 1. The summed E-state index contributed by atoms with van der Waals surface area (Å²) in [5.74, 6) is 0.476. The van der Waals surface area contributed by atoms with Crippen molar-refractivity contribution in [3.63, 3.8) is 0 Å². The second kappa shape index (κ2) is 8.96. The fourth-order valence-corrected chi connectivity index (χ4v) is 3.91.